The number of pyridine rings is 1. The summed E-state index contributed by atoms with van der Waals surface area (Å²) in [6.07, 6.45) is -1.73. The van der Waals surface area contributed by atoms with E-state index in [1.54, 1.807) is 32.0 Å². The van der Waals surface area contributed by atoms with E-state index in [-0.39, 0.29) is 11.5 Å². The molecule has 0 aliphatic heterocycles. The summed E-state index contributed by atoms with van der Waals surface area (Å²) in [5, 5.41) is 0. The molecule has 1 heterocycles. The van der Waals surface area contributed by atoms with Crippen LogP contribution in [0.3, 0.4) is 0 Å². The van der Waals surface area contributed by atoms with Gasteiger partial charge in [-0.15, -0.1) is 0 Å². The Balaban J connectivity index is 2.86. The average Bonchev–Trinajstić information content (AvgIpc) is 2.52. The molecule has 6 heteroatoms. The van der Waals surface area contributed by atoms with Crippen LogP contribution in [0.4, 0.5) is 13.2 Å². The molecular formula is C17H16F3NO2. The minimum absolute atomic E-state index is 0.127. The Morgan fingerprint density at radius 1 is 1.26 bits per heavy atom. The lowest BCUT2D eigenvalue weighted by Gasteiger charge is -2.19. The highest BCUT2D eigenvalue weighted by atomic mass is 19.4. The largest absolute Gasteiger partial charge is 0.465 e. The minimum atomic E-state index is -4.66. The maximum absolute atomic E-state index is 13.5. The Hall–Kier alpha value is -2.37. The Morgan fingerprint density at radius 3 is 2.43 bits per heavy atom. The van der Waals surface area contributed by atoms with Crippen LogP contribution in [0.1, 0.15) is 41.3 Å². The summed E-state index contributed by atoms with van der Waals surface area (Å²) in [5.74, 6) is -1.15. The second-order valence-corrected chi connectivity index (χ2v) is 5.38. The van der Waals surface area contributed by atoms with Crippen LogP contribution in [-0.2, 0) is 10.9 Å². The van der Waals surface area contributed by atoms with Crippen molar-refractivity contribution in [3.05, 3.63) is 53.3 Å². The molecule has 122 valence electrons. The molecule has 0 unspecified atom stereocenters. The Morgan fingerprint density at radius 2 is 1.96 bits per heavy atom. The van der Waals surface area contributed by atoms with Crippen molar-refractivity contribution in [3.63, 3.8) is 0 Å². The summed E-state index contributed by atoms with van der Waals surface area (Å²) in [6, 6.07) is 5.81. The normalized spacial score (nSPS) is 11.6. The summed E-state index contributed by atoms with van der Waals surface area (Å²) in [7, 11) is 1.06. The molecule has 0 saturated carbocycles. The molecule has 2 rings (SSSR count). The standard InChI is InChI=1S/C17H16F3NO2/c1-10(2)12-7-13(11-5-4-6-21-9-11)15(16(22)23-3)14(8-12)17(18,19)20/h4-10H,1-3H3. The zero-order valence-electron chi connectivity index (χ0n) is 12.9. The van der Waals surface area contributed by atoms with E-state index in [9.17, 15) is 18.0 Å². The van der Waals surface area contributed by atoms with Crippen molar-refractivity contribution in [2.75, 3.05) is 7.11 Å². The number of methoxy groups -OCH3 is 1. The summed E-state index contributed by atoms with van der Waals surface area (Å²) in [6.45, 7) is 3.58. The summed E-state index contributed by atoms with van der Waals surface area (Å²) in [5.41, 5.74) is -0.389. The van der Waals surface area contributed by atoms with Gasteiger partial charge in [-0.1, -0.05) is 19.9 Å². The number of hydrogen-bond donors (Lipinski definition) is 0. The fourth-order valence-corrected chi connectivity index (χ4v) is 2.29. The fraction of sp³-hybridized carbons (Fsp3) is 0.294. The SMILES string of the molecule is COC(=O)c1c(-c2cccnc2)cc(C(C)C)cc1C(F)(F)F. The molecule has 0 radical (unpaired) electrons. The number of esters is 1. The lowest BCUT2D eigenvalue weighted by molar-refractivity contribution is -0.138. The second kappa shape index (κ2) is 6.40. The van der Waals surface area contributed by atoms with Crippen LogP contribution in [0.25, 0.3) is 11.1 Å². The van der Waals surface area contributed by atoms with Gasteiger partial charge in [0.25, 0.3) is 0 Å². The van der Waals surface area contributed by atoms with E-state index in [0.29, 0.717) is 11.1 Å². The third-order valence-electron chi connectivity index (χ3n) is 3.49. The summed E-state index contributed by atoms with van der Waals surface area (Å²) < 4.78 is 45.0. The van der Waals surface area contributed by atoms with E-state index in [1.807, 2.05) is 0 Å². The Labute approximate surface area is 132 Å². The van der Waals surface area contributed by atoms with Gasteiger partial charge in [0.2, 0.25) is 0 Å². The third-order valence-corrected chi connectivity index (χ3v) is 3.49. The predicted molar refractivity (Wildman–Crippen MR) is 80.1 cm³/mol. The average molecular weight is 323 g/mol. The molecule has 0 atom stereocenters. The van der Waals surface area contributed by atoms with Gasteiger partial charge in [-0.25, -0.2) is 4.79 Å². The van der Waals surface area contributed by atoms with Crippen LogP contribution in [0, 0.1) is 0 Å². The van der Waals surface area contributed by atoms with Crippen molar-refractivity contribution in [3.8, 4) is 11.1 Å². The fourth-order valence-electron chi connectivity index (χ4n) is 2.29. The van der Waals surface area contributed by atoms with E-state index in [2.05, 4.69) is 9.72 Å². The topological polar surface area (TPSA) is 39.2 Å². The number of ether oxygens (including phenoxy) is 1. The number of carbonyl (C=O) groups is 1. The van der Waals surface area contributed by atoms with Crippen molar-refractivity contribution in [1.82, 2.24) is 4.98 Å². The number of benzene rings is 1. The number of nitrogens with zero attached hydrogens (tertiary/aromatic N) is 1. The molecule has 1 aromatic carbocycles. The first-order valence-electron chi connectivity index (χ1n) is 6.99. The number of carbonyl (C=O) groups excluding carboxylic acids is 1. The van der Waals surface area contributed by atoms with Gasteiger partial charge in [0.05, 0.1) is 18.2 Å². The van der Waals surface area contributed by atoms with E-state index in [0.717, 1.165) is 13.2 Å². The summed E-state index contributed by atoms with van der Waals surface area (Å²) >= 11 is 0. The molecule has 3 nitrogen and oxygen atoms in total. The van der Waals surface area contributed by atoms with E-state index >= 15 is 0 Å². The van der Waals surface area contributed by atoms with Gasteiger partial charge in [0.15, 0.2) is 0 Å². The van der Waals surface area contributed by atoms with Crippen LogP contribution < -0.4 is 0 Å². The van der Waals surface area contributed by atoms with Crippen LogP contribution in [0.15, 0.2) is 36.7 Å². The first-order valence-corrected chi connectivity index (χ1v) is 6.99. The molecule has 0 amide bonds. The third kappa shape index (κ3) is 3.52. The Kier molecular flexibility index (Phi) is 4.73. The quantitative estimate of drug-likeness (QED) is 0.770. The highest BCUT2D eigenvalue weighted by Crippen LogP contribution is 2.39. The number of alkyl halides is 3. The van der Waals surface area contributed by atoms with Crippen LogP contribution >= 0.6 is 0 Å². The molecule has 0 fully saturated rings. The molecule has 0 aliphatic rings. The lowest BCUT2D eigenvalue weighted by atomic mass is 9.89. The molecule has 2 aromatic rings. The second-order valence-electron chi connectivity index (χ2n) is 5.38. The van der Waals surface area contributed by atoms with Crippen molar-refractivity contribution < 1.29 is 22.7 Å². The van der Waals surface area contributed by atoms with Crippen LogP contribution in [0.2, 0.25) is 0 Å². The van der Waals surface area contributed by atoms with Gasteiger partial charge in [0.1, 0.15) is 0 Å². The first kappa shape index (κ1) is 17.0. The highest BCUT2D eigenvalue weighted by Gasteiger charge is 2.38. The smallest absolute Gasteiger partial charge is 0.417 e. The molecule has 0 bridgehead atoms. The van der Waals surface area contributed by atoms with Crippen molar-refractivity contribution in [2.45, 2.75) is 25.9 Å². The number of hydrogen-bond acceptors (Lipinski definition) is 3. The molecular weight excluding hydrogens is 307 g/mol. The van der Waals surface area contributed by atoms with E-state index in [4.69, 9.17) is 0 Å². The zero-order valence-corrected chi connectivity index (χ0v) is 12.9. The van der Waals surface area contributed by atoms with Crippen molar-refractivity contribution >= 4 is 5.97 Å². The van der Waals surface area contributed by atoms with Gasteiger partial charge in [0, 0.05) is 18.0 Å². The monoisotopic (exact) mass is 323 g/mol. The minimum Gasteiger partial charge on any atom is -0.465 e. The number of halogens is 3. The molecule has 0 N–H and O–H groups in total. The molecule has 23 heavy (non-hydrogen) atoms. The predicted octanol–water partition coefficient (Wildman–Crippen LogP) is 4.68. The highest BCUT2D eigenvalue weighted by molar-refractivity contribution is 5.99. The Bertz CT molecular complexity index is 710. The van der Waals surface area contributed by atoms with Crippen LogP contribution in [0.5, 0.6) is 0 Å². The van der Waals surface area contributed by atoms with E-state index < -0.39 is 23.3 Å². The van der Waals surface area contributed by atoms with Gasteiger partial charge in [-0.05, 0) is 35.2 Å². The maximum Gasteiger partial charge on any atom is 0.417 e. The van der Waals surface area contributed by atoms with Crippen molar-refractivity contribution in [1.29, 1.82) is 0 Å². The molecule has 0 aliphatic carbocycles. The lowest BCUT2D eigenvalue weighted by Crippen LogP contribution is -2.16. The van der Waals surface area contributed by atoms with Gasteiger partial charge >= 0.3 is 12.1 Å². The molecule has 1 aromatic heterocycles. The molecule has 0 spiro atoms. The molecule has 0 saturated heterocycles. The number of rotatable bonds is 3. The van der Waals surface area contributed by atoms with Gasteiger partial charge < -0.3 is 4.74 Å². The van der Waals surface area contributed by atoms with E-state index in [1.165, 1.54) is 12.4 Å². The van der Waals surface area contributed by atoms with Gasteiger partial charge in [-0.3, -0.25) is 4.98 Å². The summed E-state index contributed by atoms with van der Waals surface area (Å²) in [4.78, 5) is 15.9. The van der Waals surface area contributed by atoms with Crippen molar-refractivity contribution in [2.24, 2.45) is 0 Å². The number of aromatic nitrogens is 1. The van der Waals surface area contributed by atoms with Crippen LogP contribution in [-0.4, -0.2) is 18.1 Å². The maximum atomic E-state index is 13.5. The zero-order chi connectivity index (χ0) is 17.2. The first-order chi connectivity index (χ1) is 10.8. The van der Waals surface area contributed by atoms with Gasteiger partial charge in [-0.2, -0.15) is 13.2 Å².